The van der Waals surface area contributed by atoms with E-state index in [0.29, 0.717) is 0 Å². The first-order chi connectivity index (χ1) is 8.25. The summed E-state index contributed by atoms with van der Waals surface area (Å²) in [6.45, 7) is 2.07. The molecule has 0 aromatic heterocycles. The van der Waals surface area contributed by atoms with Crippen molar-refractivity contribution in [1.29, 1.82) is 0 Å². The first kappa shape index (κ1) is 11.6. The molecular formula is C15H13NS. The van der Waals surface area contributed by atoms with Crippen molar-refractivity contribution in [1.82, 2.24) is 0 Å². The van der Waals surface area contributed by atoms with Crippen LogP contribution in [0.1, 0.15) is 11.1 Å². The molecular weight excluding hydrogens is 226 g/mol. The van der Waals surface area contributed by atoms with Crippen LogP contribution in [0.5, 0.6) is 0 Å². The summed E-state index contributed by atoms with van der Waals surface area (Å²) >= 11 is 1.46. The zero-order valence-corrected chi connectivity index (χ0v) is 10.4. The van der Waals surface area contributed by atoms with E-state index in [2.05, 4.69) is 30.2 Å². The second-order valence-electron chi connectivity index (χ2n) is 3.73. The molecule has 0 heterocycles. The standard InChI is InChI=1S/C15H13NS/c1-12-6-8-13(9-7-12)10-11-17-15-5-3-2-4-14(15)16/h2-9H,16H2,1H3. The lowest BCUT2D eigenvalue weighted by Gasteiger charge is -1.98. The van der Waals surface area contributed by atoms with E-state index < -0.39 is 0 Å². The smallest absolute Gasteiger partial charge is 0.0462 e. The zero-order chi connectivity index (χ0) is 12.1. The number of para-hydroxylation sites is 1. The van der Waals surface area contributed by atoms with Crippen molar-refractivity contribution in [3.05, 3.63) is 59.7 Å². The van der Waals surface area contributed by atoms with E-state index in [1.165, 1.54) is 17.3 Å². The van der Waals surface area contributed by atoms with Crippen LogP contribution in [-0.2, 0) is 0 Å². The van der Waals surface area contributed by atoms with E-state index in [4.69, 9.17) is 5.73 Å². The quantitative estimate of drug-likeness (QED) is 0.467. The van der Waals surface area contributed by atoms with Crippen LogP contribution < -0.4 is 5.73 Å². The fourth-order valence-corrected chi connectivity index (χ4v) is 1.96. The molecule has 0 bridgehead atoms. The molecule has 0 spiro atoms. The normalized spacial score (nSPS) is 9.47. The minimum absolute atomic E-state index is 0.774. The minimum atomic E-state index is 0.774. The number of hydrogen-bond donors (Lipinski definition) is 1. The van der Waals surface area contributed by atoms with Crippen LogP contribution in [0.25, 0.3) is 0 Å². The predicted octanol–water partition coefficient (Wildman–Crippen LogP) is 3.68. The Hall–Kier alpha value is -1.85. The van der Waals surface area contributed by atoms with Crippen molar-refractivity contribution in [2.45, 2.75) is 11.8 Å². The maximum Gasteiger partial charge on any atom is 0.0462 e. The van der Waals surface area contributed by atoms with Gasteiger partial charge in [0.15, 0.2) is 0 Å². The molecule has 0 fully saturated rings. The maximum absolute atomic E-state index is 5.83. The summed E-state index contributed by atoms with van der Waals surface area (Å²) in [5.41, 5.74) is 8.88. The third-order valence-electron chi connectivity index (χ3n) is 2.33. The molecule has 0 aliphatic rings. The molecule has 2 N–H and O–H groups in total. The van der Waals surface area contributed by atoms with Crippen molar-refractivity contribution in [2.75, 3.05) is 5.73 Å². The summed E-state index contributed by atoms with van der Waals surface area (Å²) in [7, 11) is 0. The molecule has 2 rings (SSSR count). The van der Waals surface area contributed by atoms with Gasteiger partial charge in [0.05, 0.1) is 0 Å². The van der Waals surface area contributed by atoms with Crippen LogP contribution in [0.3, 0.4) is 0 Å². The topological polar surface area (TPSA) is 26.0 Å². The summed E-state index contributed by atoms with van der Waals surface area (Å²) < 4.78 is 0. The zero-order valence-electron chi connectivity index (χ0n) is 9.60. The van der Waals surface area contributed by atoms with Gasteiger partial charge in [-0.05, 0) is 48.2 Å². The summed E-state index contributed by atoms with van der Waals surface area (Å²) in [4.78, 5) is 1.01. The number of nitrogen functional groups attached to an aromatic ring is 1. The predicted molar refractivity (Wildman–Crippen MR) is 74.8 cm³/mol. The molecule has 0 saturated carbocycles. The van der Waals surface area contributed by atoms with E-state index in [1.807, 2.05) is 36.4 Å². The monoisotopic (exact) mass is 239 g/mol. The van der Waals surface area contributed by atoms with E-state index in [9.17, 15) is 0 Å². The highest BCUT2D eigenvalue weighted by molar-refractivity contribution is 8.04. The van der Waals surface area contributed by atoms with Gasteiger partial charge in [-0.1, -0.05) is 35.7 Å². The number of nitrogens with two attached hydrogens (primary N) is 1. The number of anilines is 1. The van der Waals surface area contributed by atoms with E-state index in [0.717, 1.165) is 16.1 Å². The van der Waals surface area contributed by atoms with Crippen LogP contribution in [0.4, 0.5) is 5.69 Å². The number of thioether (sulfide) groups is 1. The first-order valence-corrected chi connectivity index (χ1v) is 6.16. The molecule has 0 amide bonds. The highest BCUT2D eigenvalue weighted by Gasteiger charge is 1.94. The number of hydrogen-bond acceptors (Lipinski definition) is 2. The van der Waals surface area contributed by atoms with Crippen molar-refractivity contribution in [3.8, 4) is 11.2 Å². The number of aryl methyl sites for hydroxylation is 1. The van der Waals surface area contributed by atoms with Gasteiger partial charge in [0, 0.05) is 16.1 Å². The molecule has 1 nitrogen and oxygen atoms in total. The van der Waals surface area contributed by atoms with Gasteiger partial charge in [-0.25, -0.2) is 0 Å². The third kappa shape index (κ3) is 3.30. The Labute approximate surface area is 106 Å². The average molecular weight is 239 g/mol. The molecule has 2 aromatic carbocycles. The van der Waals surface area contributed by atoms with Gasteiger partial charge in [0.25, 0.3) is 0 Å². The summed E-state index contributed by atoms with van der Waals surface area (Å²) in [5, 5.41) is 3.06. The van der Waals surface area contributed by atoms with Crippen molar-refractivity contribution >= 4 is 17.4 Å². The highest BCUT2D eigenvalue weighted by atomic mass is 32.2. The molecule has 0 saturated heterocycles. The molecule has 0 aliphatic carbocycles. The summed E-state index contributed by atoms with van der Waals surface area (Å²) in [5.74, 6) is 3.10. The van der Waals surface area contributed by atoms with Crippen molar-refractivity contribution < 1.29 is 0 Å². The van der Waals surface area contributed by atoms with E-state index in [1.54, 1.807) is 0 Å². The van der Waals surface area contributed by atoms with Gasteiger partial charge in [-0.3, -0.25) is 0 Å². The van der Waals surface area contributed by atoms with Gasteiger partial charge in [0.1, 0.15) is 0 Å². The fourth-order valence-electron chi connectivity index (χ4n) is 1.35. The van der Waals surface area contributed by atoms with Crippen LogP contribution >= 0.6 is 11.8 Å². The first-order valence-electron chi connectivity index (χ1n) is 5.35. The molecule has 17 heavy (non-hydrogen) atoms. The molecule has 2 aromatic rings. The van der Waals surface area contributed by atoms with E-state index in [-0.39, 0.29) is 0 Å². The SMILES string of the molecule is Cc1ccc(C#CSc2ccccc2N)cc1. The van der Waals surface area contributed by atoms with Gasteiger partial charge in [-0.15, -0.1) is 0 Å². The van der Waals surface area contributed by atoms with Crippen molar-refractivity contribution in [3.63, 3.8) is 0 Å². The maximum atomic E-state index is 5.83. The molecule has 0 aliphatic heterocycles. The van der Waals surface area contributed by atoms with Crippen LogP contribution in [0, 0.1) is 18.1 Å². The largest absolute Gasteiger partial charge is 0.398 e. The number of benzene rings is 2. The second-order valence-corrected chi connectivity index (χ2v) is 4.58. The Morgan fingerprint density at radius 3 is 2.41 bits per heavy atom. The Morgan fingerprint density at radius 1 is 1.00 bits per heavy atom. The lowest BCUT2D eigenvalue weighted by atomic mass is 10.2. The summed E-state index contributed by atoms with van der Waals surface area (Å²) in [6, 6.07) is 15.9. The van der Waals surface area contributed by atoms with Crippen molar-refractivity contribution in [2.24, 2.45) is 0 Å². The Morgan fingerprint density at radius 2 is 1.71 bits per heavy atom. The van der Waals surface area contributed by atoms with Crippen LogP contribution in [-0.4, -0.2) is 0 Å². The van der Waals surface area contributed by atoms with Gasteiger partial charge in [0.2, 0.25) is 0 Å². The lowest BCUT2D eigenvalue weighted by molar-refractivity contribution is 1.46. The molecule has 2 heteroatoms. The minimum Gasteiger partial charge on any atom is -0.398 e. The number of rotatable bonds is 1. The van der Waals surface area contributed by atoms with Gasteiger partial charge < -0.3 is 5.73 Å². The molecule has 84 valence electrons. The lowest BCUT2D eigenvalue weighted by Crippen LogP contribution is -1.85. The second kappa shape index (κ2) is 5.47. The fraction of sp³-hybridized carbons (Fsp3) is 0.0667. The Balaban J connectivity index is 2.09. The highest BCUT2D eigenvalue weighted by Crippen LogP contribution is 2.23. The molecule has 0 unspecified atom stereocenters. The Kier molecular flexibility index (Phi) is 3.74. The molecule has 0 atom stereocenters. The van der Waals surface area contributed by atoms with Crippen LogP contribution in [0.15, 0.2) is 53.4 Å². The average Bonchev–Trinajstić information content (AvgIpc) is 2.34. The van der Waals surface area contributed by atoms with Gasteiger partial charge >= 0.3 is 0 Å². The van der Waals surface area contributed by atoms with Crippen LogP contribution in [0.2, 0.25) is 0 Å². The third-order valence-corrected chi connectivity index (χ3v) is 3.12. The van der Waals surface area contributed by atoms with E-state index >= 15 is 0 Å². The van der Waals surface area contributed by atoms with Gasteiger partial charge in [-0.2, -0.15) is 0 Å². The molecule has 0 radical (unpaired) electrons. The summed E-state index contributed by atoms with van der Waals surface area (Å²) in [6.07, 6.45) is 0. The Bertz CT molecular complexity index is 561.